The summed E-state index contributed by atoms with van der Waals surface area (Å²) in [7, 11) is 0. The van der Waals surface area contributed by atoms with Crippen LogP contribution in [0.2, 0.25) is 0 Å². The highest BCUT2D eigenvalue weighted by molar-refractivity contribution is 5.96. The molecule has 12 nitrogen and oxygen atoms in total. The lowest BCUT2D eigenvalue weighted by Crippen LogP contribution is -2.59. The Hall–Kier alpha value is -3.67. The fourth-order valence-electron chi connectivity index (χ4n) is 3.60. The van der Waals surface area contributed by atoms with Gasteiger partial charge in [0, 0.05) is 12.8 Å². The Bertz CT molecular complexity index is 921. The van der Waals surface area contributed by atoms with Crippen molar-refractivity contribution in [2.75, 3.05) is 0 Å². The monoisotopic (exact) mass is 521 g/mol. The molecule has 0 unspecified atom stereocenters. The average Bonchev–Trinajstić information content (AvgIpc) is 2.81. The molecule has 37 heavy (non-hydrogen) atoms. The summed E-state index contributed by atoms with van der Waals surface area (Å²) in [4.78, 5) is 61.6. The minimum absolute atomic E-state index is 0.00406. The van der Waals surface area contributed by atoms with Crippen LogP contribution in [0.4, 0.5) is 0 Å². The topological polar surface area (TPSA) is 214 Å². The van der Waals surface area contributed by atoms with Crippen molar-refractivity contribution in [3.8, 4) is 5.75 Å². The smallest absolute Gasteiger partial charge is 0.243 e. The van der Waals surface area contributed by atoms with Gasteiger partial charge in [0.1, 0.15) is 23.9 Å². The zero-order valence-corrected chi connectivity index (χ0v) is 21.4. The lowest BCUT2D eigenvalue weighted by molar-refractivity contribution is -0.135. The summed E-state index contributed by atoms with van der Waals surface area (Å²) in [5.41, 5.74) is 11.1. The fourth-order valence-corrected chi connectivity index (χ4v) is 3.60. The van der Waals surface area contributed by atoms with Gasteiger partial charge in [0.2, 0.25) is 29.5 Å². The predicted molar refractivity (Wildman–Crippen MR) is 136 cm³/mol. The Balaban J connectivity index is 3.02. The van der Waals surface area contributed by atoms with Crippen molar-refractivity contribution in [2.45, 2.75) is 89.4 Å². The lowest BCUT2D eigenvalue weighted by Gasteiger charge is -2.25. The molecule has 12 heteroatoms. The quantitative estimate of drug-likeness (QED) is 0.133. The summed E-state index contributed by atoms with van der Waals surface area (Å²) in [5.74, 6) is -3.89. The van der Waals surface area contributed by atoms with Gasteiger partial charge in [0.25, 0.3) is 0 Å². The molecule has 9 N–H and O–H groups in total. The highest BCUT2D eigenvalue weighted by Gasteiger charge is 2.31. The molecule has 0 heterocycles. The maximum Gasteiger partial charge on any atom is 0.243 e. The first-order valence-corrected chi connectivity index (χ1v) is 12.4. The molecule has 0 aliphatic rings. The second-order valence-electron chi connectivity index (χ2n) is 9.02. The largest absolute Gasteiger partial charge is 0.508 e. The molecule has 1 aromatic rings. The van der Waals surface area contributed by atoms with E-state index in [1.807, 2.05) is 0 Å². The van der Waals surface area contributed by atoms with E-state index in [0.29, 0.717) is 12.0 Å². The van der Waals surface area contributed by atoms with Crippen molar-refractivity contribution in [1.29, 1.82) is 0 Å². The minimum Gasteiger partial charge on any atom is -0.508 e. The van der Waals surface area contributed by atoms with Crippen LogP contribution in [0.1, 0.15) is 64.4 Å². The van der Waals surface area contributed by atoms with E-state index in [0.717, 1.165) is 25.7 Å². The van der Waals surface area contributed by atoms with Crippen LogP contribution in [0.5, 0.6) is 5.75 Å². The number of nitrogens with one attached hydrogen (secondary N) is 3. The van der Waals surface area contributed by atoms with Gasteiger partial charge in [0.15, 0.2) is 0 Å². The van der Waals surface area contributed by atoms with E-state index in [2.05, 4.69) is 22.9 Å². The first-order valence-electron chi connectivity index (χ1n) is 12.4. The number of primary amides is 2. The molecular formula is C25H39N5O7. The second kappa shape index (κ2) is 16.1. The Labute approximate surface area is 216 Å². The summed E-state index contributed by atoms with van der Waals surface area (Å²) in [6.07, 6.45) is 2.89. The molecule has 0 spiro atoms. The number of carbonyl (C=O) groups is 5. The van der Waals surface area contributed by atoms with Gasteiger partial charge < -0.3 is 37.6 Å². The number of nitrogens with two attached hydrogens (primary N) is 2. The molecular weight excluding hydrogens is 482 g/mol. The number of aliphatic hydroxyl groups is 1. The molecule has 206 valence electrons. The van der Waals surface area contributed by atoms with Crippen LogP contribution in [0.25, 0.3) is 0 Å². The molecule has 0 radical (unpaired) electrons. The molecule has 0 aliphatic carbocycles. The van der Waals surface area contributed by atoms with Gasteiger partial charge in [-0.1, -0.05) is 44.7 Å². The standard InChI is InChI=1S/C25H39N5O7/c1-3-4-5-6-7-8-21(34)28-19(14-20(26)33)24(36)29-18(13-16-9-11-17(32)12-10-16)25(37)30-22(15(2)31)23(27)35/h9-12,15,18-19,22,31-32H,3-8,13-14H2,1-2H3,(H2,26,33)(H2,27,35)(H,28,34)(H,29,36)(H,30,37)/t15-,18+,19+,22+/m1/s1. The number of unbranched alkanes of at least 4 members (excludes halogenated alkanes) is 4. The van der Waals surface area contributed by atoms with Crippen LogP contribution in [-0.4, -0.2) is 64.0 Å². The predicted octanol–water partition coefficient (Wildman–Crippen LogP) is -0.509. The highest BCUT2D eigenvalue weighted by Crippen LogP contribution is 2.12. The summed E-state index contributed by atoms with van der Waals surface area (Å²) in [5, 5.41) is 26.6. The number of rotatable bonds is 17. The SMILES string of the molecule is CCCCCCCC(=O)N[C@@H](CC(N)=O)C(=O)N[C@@H](Cc1ccc(O)cc1)C(=O)N[C@H](C(N)=O)[C@@H](C)O. The summed E-state index contributed by atoms with van der Waals surface area (Å²) >= 11 is 0. The zero-order chi connectivity index (χ0) is 28.0. The van der Waals surface area contributed by atoms with Crippen molar-refractivity contribution < 1.29 is 34.2 Å². The van der Waals surface area contributed by atoms with Crippen molar-refractivity contribution >= 4 is 29.5 Å². The van der Waals surface area contributed by atoms with E-state index in [9.17, 15) is 34.2 Å². The number of phenolic OH excluding ortho intramolecular Hbond substituents is 1. The number of hydrogen-bond donors (Lipinski definition) is 7. The fraction of sp³-hybridized carbons (Fsp3) is 0.560. The van der Waals surface area contributed by atoms with E-state index in [-0.39, 0.29) is 18.6 Å². The minimum atomic E-state index is -1.42. The van der Waals surface area contributed by atoms with E-state index >= 15 is 0 Å². The van der Waals surface area contributed by atoms with Gasteiger partial charge in [0.05, 0.1) is 12.5 Å². The molecule has 5 amide bonds. The van der Waals surface area contributed by atoms with Crippen LogP contribution < -0.4 is 27.4 Å². The summed E-state index contributed by atoms with van der Waals surface area (Å²) in [6.45, 7) is 3.34. The first-order chi connectivity index (χ1) is 17.4. The van der Waals surface area contributed by atoms with E-state index in [1.165, 1.54) is 31.2 Å². The molecule has 0 fully saturated rings. The molecule has 1 rings (SSSR count). The van der Waals surface area contributed by atoms with Crippen molar-refractivity contribution in [3.63, 3.8) is 0 Å². The Morgan fingerprint density at radius 1 is 0.865 bits per heavy atom. The van der Waals surface area contributed by atoms with E-state index in [4.69, 9.17) is 11.5 Å². The van der Waals surface area contributed by atoms with Gasteiger partial charge in [-0.05, 0) is 31.0 Å². The number of amides is 5. The Kier molecular flexibility index (Phi) is 13.7. The molecule has 0 aromatic heterocycles. The average molecular weight is 522 g/mol. The van der Waals surface area contributed by atoms with Crippen molar-refractivity contribution in [2.24, 2.45) is 11.5 Å². The molecule has 0 bridgehead atoms. The van der Waals surface area contributed by atoms with Crippen LogP contribution in [-0.2, 0) is 30.4 Å². The zero-order valence-electron chi connectivity index (χ0n) is 21.4. The number of carbonyl (C=O) groups excluding carboxylic acids is 5. The highest BCUT2D eigenvalue weighted by atomic mass is 16.3. The third-order valence-corrected chi connectivity index (χ3v) is 5.66. The van der Waals surface area contributed by atoms with Crippen molar-refractivity contribution in [3.05, 3.63) is 29.8 Å². The first kappa shape index (κ1) is 31.4. The summed E-state index contributed by atoms with van der Waals surface area (Å²) < 4.78 is 0. The number of aromatic hydroxyl groups is 1. The Morgan fingerprint density at radius 2 is 1.46 bits per heavy atom. The van der Waals surface area contributed by atoms with Gasteiger partial charge in [-0.3, -0.25) is 24.0 Å². The maximum absolute atomic E-state index is 13.0. The molecule has 0 saturated heterocycles. The maximum atomic E-state index is 13.0. The van der Waals surface area contributed by atoms with Gasteiger partial charge in [-0.2, -0.15) is 0 Å². The number of benzene rings is 1. The number of aliphatic hydroxyl groups excluding tert-OH is 1. The molecule has 4 atom stereocenters. The third kappa shape index (κ3) is 12.2. The second-order valence-corrected chi connectivity index (χ2v) is 9.02. The number of phenols is 1. The lowest BCUT2D eigenvalue weighted by atomic mass is 10.0. The van der Waals surface area contributed by atoms with Crippen LogP contribution in [0.3, 0.4) is 0 Å². The molecule has 1 aromatic carbocycles. The van der Waals surface area contributed by atoms with Crippen molar-refractivity contribution in [1.82, 2.24) is 16.0 Å². The van der Waals surface area contributed by atoms with Crippen LogP contribution >= 0.6 is 0 Å². The number of hydrogen-bond acceptors (Lipinski definition) is 7. The summed E-state index contributed by atoms with van der Waals surface area (Å²) in [6, 6.07) is 1.83. The van der Waals surface area contributed by atoms with Crippen LogP contribution in [0.15, 0.2) is 24.3 Å². The van der Waals surface area contributed by atoms with E-state index in [1.54, 1.807) is 0 Å². The van der Waals surface area contributed by atoms with E-state index < -0.39 is 60.2 Å². The van der Waals surface area contributed by atoms with Crippen LogP contribution in [0, 0.1) is 0 Å². The third-order valence-electron chi connectivity index (χ3n) is 5.66. The van der Waals surface area contributed by atoms with Gasteiger partial charge >= 0.3 is 0 Å². The molecule has 0 aliphatic heterocycles. The Morgan fingerprint density at radius 3 is 2.00 bits per heavy atom. The van der Waals surface area contributed by atoms with Gasteiger partial charge in [-0.25, -0.2) is 0 Å². The molecule has 0 saturated carbocycles. The normalized spacial score (nSPS) is 14.0. The van der Waals surface area contributed by atoms with Gasteiger partial charge in [-0.15, -0.1) is 0 Å².